The predicted molar refractivity (Wildman–Crippen MR) is 246 cm³/mol. The molecule has 0 aliphatic rings. The van der Waals surface area contributed by atoms with Gasteiger partial charge in [0.25, 0.3) is 0 Å². The molecule has 0 aliphatic heterocycles. The number of hydrogen-bond acceptors (Lipinski definition) is 2. The van der Waals surface area contributed by atoms with E-state index >= 15 is 0 Å². The van der Waals surface area contributed by atoms with E-state index in [9.17, 15) is 4.79 Å². The molecular formula is C52H104O3. The predicted octanol–water partition coefficient (Wildman–Crippen LogP) is 18.6. The standard InChI is InChI=1S/C52H104O3/c53-51-49-47-45-43-41-39-37-35-33-31-29-27-25-23-21-19-17-15-13-11-9-7-5-3-1-2-4-6-8-10-12-14-16-18-20-22-24-26-28-30-32-34-36-38-40-42-44-46-48-50-52(54)55/h53H,1-51H2,(H,54,55). The summed E-state index contributed by atoms with van der Waals surface area (Å²) < 4.78 is 0. The van der Waals surface area contributed by atoms with E-state index in [2.05, 4.69) is 0 Å². The largest absolute Gasteiger partial charge is 0.481 e. The molecule has 55 heavy (non-hydrogen) atoms. The second-order valence-electron chi connectivity index (χ2n) is 18.2. The number of hydrogen-bond donors (Lipinski definition) is 2. The maximum Gasteiger partial charge on any atom is 0.303 e. The molecular weight excluding hydrogens is 673 g/mol. The number of rotatable bonds is 51. The lowest BCUT2D eigenvalue weighted by Crippen LogP contribution is -1.93. The third-order valence-electron chi connectivity index (χ3n) is 12.5. The Bertz CT molecular complexity index is 678. The Morgan fingerprint density at radius 2 is 0.309 bits per heavy atom. The first-order valence-corrected chi connectivity index (χ1v) is 26.1. The summed E-state index contributed by atoms with van der Waals surface area (Å²) in [6.07, 6.45) is 69.4. The normalized spacial score (nSPS) is 11.6. The van der Waals surface area contributed by atoms with Crippen molar-refractivity contribution in [3.63, 3.8) is 0 Å². The molecule has 0 saturated carbocycles. The summed E-state index contributed by atoms with van der Waals surface area (Å²) in [4.78, 5) is 10.5. The number of carboxylic acid groups (broad SMARTS) is 1. The molecule has 0 aromatic carbocycles. The maximum atomic E-state index is 10.5. The van der Waals surface area contributed by atoms with E-state index in [1.54, 1.807) is 0 Å². The van der Waals surface area contributed by atoms with Crippen LogP contribution >= 0.6 is 0 Å². The summed E-state index contributed by atoms with van der Waals surface area (Å²) in [5.41, 5.74) is 0. The lowest BCUT2D eigenvalue weighted by molar-refractivity contribution is -0.137. The van der Waals surface area contributed by atoms with Gasteiger partial charge in [-0.3, -0.25) is 4.79 Å². The van der Waals surface area contributed by atoms with Crippen molar-refractivity contribution >= 4 is 5.97 Å². The average Bonchev–Trinajstić information content (AvgIpc) is 3.18. The van der Waals surface area contributed by atoms with E-state index < -0.39 is 5.97 Å². The van der Waals surface area contributed by atoms with Crippen LogP contribution in [0.1, 0.15) is 321 Å². The number of carboxylic acids is 1. The highest BCUT2D eigenvalue weighted by molar-refractivity contribution is 5.66. The molecule has 3 heteroatoms. The van der Waals surface area contributed by atoms with E-state index in [-0.39, 0.29) is 0 Å². The highest BCUT2D eigenvalue weighted by Gasteiger charge is 2.00. The molecule has 0 bridgehead atoms. The second kappa shape index (κ2) is 51.4. The van der Waals surface area contributed by atoms with Crippen LogP contribution in [-0.2, 0) is 4.79 Å². The molecule has 0 radical (unpaired) electrons. The molecule has 0 spiro atoms. The Morgan fingerprint density at radius 1 is 0.200 bits per heavy atom. The van der Waals surface area contributed by atoms with E-state index in [4.69, 9.17) is 10.2 Å². The Hall–Kier alpha value is -0.570. The van der Waals surface area contributed by atoms with Crippen LogP contribution in [0.5, 0.6) is 0 Å². The van der Waals surface area contributed by atoms with Crippen LogP contribution in [0.3, 0.4) is 0 Å². The minimum atomic E-state index is -0.647. The van der Waals surface area contributed by atoms with Gasteiger partial charge in [-0.25, -0.2) is 0 Å². The van der Waals surface area contributed by atoms with Gasteiger partial charge < -0.3 is 10.2 Å². The summed E-state index contributed by atoms with van der Waals surface area (Å²) in [6, 6.07) is 0. The minimum Gasteiger partial charge on any atom is -0.481 e. The van der Waals surface area contributed by atoms with E-state index in [0.717, 1.165) is 19.3 Å². The third-order valence-corrected chi connectivity index (χ3v) is 12.5. The first kappa shape index (κ1) is 54.4. The van der Waals surface area contributed by atoms with E-state index in [1.165, 1.54) is 295 Å². The zero-order valence-electron chi connectivity index (χ0n) is 37.9. The smallest absolute Gasteiger partial charge is 0.303 e. The van der Waals surface area contributed by atoms with Crippen LogP contribution in [-0.4, -0.2) is 22.8 Å². The fraction of sp³-hybridized carbons (Fsp3) is 0.981. The lowest BCUT2D eigenvalue weighted by Gasteiger charge is -2.05. The molecule has 3 nitrogen and oxygen atoms in total. The molecule has 0 unspecified atom stereocenters. The van der Waals surface area contributed by atoms with E-state index in [1.807, 2.05) is 0 Å². The minimum absolute atomic E-state index is 0.346. The van der Waals surface area contributed by atoms with Gasteiger partial charge in [0.2, 0.25) is 0 Å². The molecule has 0 amide bonds. The monoisotopic (exact) mass is 777 g/mol. The van der Waals surface area contributed by atoms with Crippen molar-refractivity contribution in [1.29, 1.82) is 0 Å². The first-order valence-electron chi connectivity index (χ1n) is 26.1. The molecule has 0 aliphatic carbocycles. The topological polar surface area (TPSA) is 57.5 Å². The Balaban J connectivity index is 3.06. The molecule has 2 N–H and O–H groups in total. The Kier molecular flexibility index (Phi) is 50.9. The number of unbranched alkanes of at least 4 members (excludes halogenated alkanes) is 48. The molecule has 0 heterocycles. The number of aliphatic hydroxyl groups excluding tert-OH is 1. The van der Waals surface area contributed by atoms with Crippen molar-refractivity contribution in [3.05, 3.63) is 0 Å². The van der Waals surface area contributed by atoms with Crippen molar-refractivity contribution in [3.8, 4) is 0 Å². The van der Waals surface area contributed by atoms with Crippen molar-refractivity contribution in [1.82, 2.24) is 0 Å². The first-order chi connectivity index (χ1) is 27.3. The highest BCUT2D eigenvalue weighted by atomic mass is 16.4. The van der Waals surface area contributed by atoms with Crippen LogP contribution in [0.15, 0.2) is 0 Å². The van der Waals surface area contributed by atoms with Gasteiger partial charge in [0.1, 0.15) is 0 Å². The summed E-state index contributed by atoms with van der Waals surface area (Å²) in [6.45, 7) is 0.371. The van der Waals surface area contributed by atoms with Gasteiger partial charge in [-0.1, -0.05) is 302 Å². The molecule has 330 valence electrons. The van der Waals surface area contributed by atoms with Gasteiger partial charge in [0, 0.05) is 13.0 Å². The molecule has 0 rings (SSSR count). The third kappa shape index (κ3) is 53.4. The summed E-state index contributed by atoms with van der Waals surface area (Å²) >= 11 is 0. The number of aliphatic hydroxyl groups is 1. The molecule has 0 atom stereocenters. The second-order valence-corrected chi connectivity index (χ2v) is 18.2. The average molecular weight is 777 g/mol. The van der Waals surface area contributed by atoms with Gasteiger partial charge in [0.05, 0.1) is 0 Å². The molecule has 0 saturated heterocycles. The molecule has 0 aromatic rings. The van der Waals surface area contributed by atoms with Crippen molar-refractivity contribution in [2.75, 3.05) is 6.61 Å². The van der Waals surface area contributed by atoms with Gasteiger partial charge in [0.15, 0.2) is 0 Å². The Labute approximate surface area is 347 Å². The Morgan fingerprint density at radius 3 is 0.418 bits per heavy atom. The van der Waals surface area contributed by atoms with Crippen LogP contribution in [0.2, 0.25) is 0 Å². The highest BCUT2D eigenvalue weighted by Crippen LogP contribution is 2.19. The lowest BCUT2D eigenvalue weighted by atomic mass is 10.0. The van der Waals surface area contributed by atoms with Crippen molar-refractivity contribution < 1.29 is 15.0 Å². The SMILES string of the molecule is O=C(O)CCCCCCCCCCCCCCCCCCCCCCCCCCCCCCCCCCCCCCCCCCCCCCCCCCCO. The quantitative estimate of drug-likeness (QED) is 0.0605. The summed E-state index contributed by atoms with van der Waals surface area (Å²) in [5.74, 6) is -0.647. The number of aliphatic carboxylic acids is 1. The molecule has 0 aromatic heterocycles. The number of carbonyl (C=O) groups is 1. The zero-order chi connectivity index (χ0) is 39.6. The van der Waals surface area contributed by atoms with Crippen molar-refractivity contribution in [2.24, 2.45) is 0 Å². The summed E-state index contributed by atoms with van der Waals surface area (Å²) in [5, 5.41) is 17.5. The fourth-order valence-corrected chi connectivity index (χ4v) is 8.70. The van der Waals surface area contributed by atoms with Crippen LogP contribution in [0, 0.1) is 0 Å². The van der Waals surface area contributed by atoms with E-state index in [0.29, 0.717) is 13.0 Å². The van der Waals surface area contributed by atoms with Crippen molar-refractivity contribution in [2.45, 2.75) is 321 Å². The zero-order valence-corrected chi connectivity index (χ0v) is 37.9. The fourth-order valence-electron chi connectivity index (χ4n) is 8.70. The van der Waals surface area contributed by atoms with Gasteiger partial charge in [-0.05, 0) is 12.8 Å². The maximum absolute atomic E-state index is 10.5. The van der Waals surface area contributed by atoms with Crippen LogP contribution in [0.25, 0.3) is 0 Å². The van der Waals surface area contributed by atoms with Gasteiger partial charge in [-0.15, -0.1) is 0 Å². The molecule has 0 fully saturated rings. The van der Waals surface area contributed by atoms with Gasteiger partial charge >= 0.3 is 5.97 Å². The van der Waals surface area contributed by atoms with Crippen LogP contribution in [0.4, 0.5) is 0 Å². The van der Waals surface area contributed by atoms with Gasteiger partial charge in [-0.2, -0.15) is 0 Å². The van der Waals surface area contributed by atoms with Crippen LogP contribution < -0.4 is 0 Å². The summed E-state index contributed by atoms with van der Waals surface area (Å²) in [7, 11) is 0.